The van der Waals surface area contributed by atoms with Crippen molar-refractivity contribution in [1.82, 2.24) is 24.8 Å². The van der Waals surface area contributed by atoms with E-state index >= 15 is 0 Å². The van der Waals surface area contributed by atoms with Crippen molar-refractivity contribution < 1.29 is 27.8 Å². The van der Waals surface area contributed by atoms with Crippen LogP contribution in [0.5, 0.6) is 0 Å². The van der Waals surface area contributed by atoms with E-state index in [9.17, 15) is 23.1 Å². The molecule has 2 aliphatic rings. The number of aromatic nitrogens is 4. The Bertz CT molecular complexity index is 1280. The smallest absolute Gasteiger partial charge is 0.384 e. The van der Waals surface area contributed by atoms with Gasteiger partial charge in [-0.25, -0.2) is 9.97 Å². The number of carbonyl (C=O) groups excluding carboxylic acids is 1. The SMILES string of the molecule is O=C(COCc1cc(C(F)(F)F)ccn1)N1CC[C@H](CC2CCC(O)(c3ccc(-c4ncccn4)cn3)CC2)C1. The quantitative estimate of drug-likeness (QED) is 0.427. The Labute approximate surface area is 230 Å². The van der Waals surface area contributed by atoms with Gasteiger partial charge in [-0.3, -0.25) is 14.8 Å². The van der Waals surface area contributed by atoms with Gasteiger partial charge in [-0.1, -0.05) is 0 Å². The van der Waals surface area contributed by atoms with Crippen molar-refractivity contribution in [3.63, 3.8) is 0 Å². The van der Waals surface area contributed by atoms with E-state index < -0.39 is 17.3 Å². The largest absolute Gasteiger partial charge is 0.416 e. The zero-order valence-corrected chi connectivity index (χ0v) is 22.1. The summed E-state index contributed by atoms with van der Waals surface area (Å²) in [4.78, 5) is 31.3. The van der Waals surface area contributed by atoms with Gasteiger partial charge in [0.05, 0.1) is 23.6 Å². The number of nitrogens with zero attached hydrogens (tertiary/aromatic N) is 5. The van der Waals surface area contributed by atoms with Gasteiger partial charge >= 0.3 is 6.18 Å². The summed E-state index contributed by atoms with van der Waals surface area (Å²) in [6.45, 7) is 0.945. The Kier molecular flexibility index (Phi) is 8.41. The van der Waals surface area contributed by atoms with Crippen molar-refractivity contribution >= 4 is 5.91 Å². The van der Waals surface area contributed by atoms with Crippen LogP contribution in [0.3, 0.4) is 0 Å². The van der Waals surface area contributed by atoms with Crippen molar-refractivity contribution in [2.45, 2.75) is 56.9 Å². The van der Waals surface area contributed by atoms with Gasteiger partial charge in [0.25, 0.3) is 0 Å². The van der Waals surface area contributed by atoms with Crippen LogP contribution in [0.25, 0.3) is 11.4 Å². The normalized spacial score (nSPS) is 23.4. The molecule has 0 unspecified atom stereocenters. The van der Waals surface area contributed by atoms with Crippen LogP contribution >= 0.6 is 0 Å². The molecule has 0 radical (unpaired) electrons. The fourth-order valence-corrected chi connectivity index (χ4v) is 5.69. The van der Waals surface area contributed by atoms with Crippen LogP contribution in [0.15, 0.2) is 55.1 Å². The molecule has 40 heavy (non-hydrogen) atoms. The van der Waals surface area contributed by atoms with Gasteiger partial charge in [-0.05, 0) is 80.7 Å². The van der Waals surface area contributed by atoms with Gasteiger partial charge in [0.15, 0.2) is 5.82 Å². The lowest BCUT2D eigenvalue weighted by atomic mass is 9.74. The highest BCUT2D eigenvalue weighted by molar-refractivity contribution is 5.77. The number of aliphatic hydroxyl groups is 1. The molecule has 3 aromatic heterocycles. The lowest BCUT2D eigenvalue weighted by molar-refractivity contribution is -0.138. The standard InChI is InChI=1S/C29H32F3N5O3/c30-29(31,32)23-6-12-33-24(15-23)18-40-19-26(38)37-13-7-21(17-37)14-20-4-8-28(39,9-5-20)25-3-2-22(16-36-25)27-34-10-1-11-35-27/h1-3,6,10-12,15-16,20-21,39H,4-5,7-9,13-14,17-19H2/t20?,21-,28?/m1/s1. The summed E-state index contributed by atoms with van der Waals surface area (Å²) in [6.07, 6.45) is 6.67. The van der Waals surface area contributed by atoms with Gasteiger partial charge in [0.2, 0.25) is 5.91 Å². The number of hydrogen-bond acceptors (Lipinski definition) is 7. The summed E-state index contributed by atoms with van der Waals surface area (Å²) >= 11 is 0. The summed E-state index contributed by atoms with van der Waals surface area (Å²) in [6, 6.07) is 7.35. The van der Waals surface area contributed by atoms with Crippen LogP contribution in [0, 0.1) is 11.8 Å². The zero-order chi connectivity index (χ0) is 28.2. The molecular formula is C29H32F3N5O3. The second kappa shape index (κ2) is 12.0. The molecule has 1 amide bonds. The van der Waals surface area contributed by atoms with Crippen LogP contribution in [-0.2, 0) is 27.9 Å². The monoisotopic (exact) mass is 555 g/mol. The number of alkyl halides is 3. The Hall–Kier alpha value is -3.44. The summed E-state index contributed by atoms with van der Waals surface area (Å²) in [5, 5.41) is 11.3. The molecule has 4 heterocycles. The third kappa shape index (κ3) is 6.82. The summed E-state index contributed by atoms with van der Waals surface area (Å²) in [5.41, 5.74) is -0.127. The maximum absolute atomic E-state index is 12.9. The fourth-order valence-electron chi connectivity index (χ4n) is 5.69. The zero-order valence-electron chi connectivity index (χ0n) is 22.1. The molecule has 1 aliphatic heterocycles. The summed E-state index contributed by atoms with van der Waals surface area (Å²) in [7, 11) is 0. The molecule has 5 rings (SSSR count). The van der Waals surface area contributed by atoms with Gasteiger partial charge in [0.1, 0.15) is 12.2 Å². The fraction of sp³-hybridized carbons (Fsp3) is 0.483. The highest BCUT2D eigenvalue weighted by atomic mass is 19.4. The van der Waals surface area contributed by atoms with Crippen molar-refractivity contribution in [2.75, 3.05) is 19.7 Å². The second-order valence-electron chi connectivity index (χ2n) is 10.7. The number of hydrogen-bond donors (Lipinski definition) is 1. The van der Waals surface area contributed by atoms with E-state index in [2.05, 4.69) is 19.9 Å². The third-order valence-electron chi connectivity index (χ3n) is 7.92. The second-order valence-corrected chi connectivity index (χ2v) is 10.7. The molecule has 1 aliphatic carbocycles. The predicted octanol–water partition coefficient (Wildman–Crippen LogP) is 4.79. The molecule has 2 fully saturated rings. The van der Waals surface area contributed by atoms with Crippen LogP contribution in [-0.4, -0.2) is 55.5 Å². The summed E-state index contributed by atoms with van der Waals surface area (Å²) in [5.74, 6) is 1.29. The molecule has 0 aromatic carbocycles. The Morgan fingerprint density at radius 1 is 1.02 bits per heavy atom. The maximum Gasteiger partial charge on any atom is 0.416 e. The minimum Gasteiger partial charge on any atom is -0.384 e. The number of likely N-dealkylation sites (tertiary alicyclic amines) is 1. The third-order valence-corrected chi connectivity index (χ3v) is 7.92. The Balaban J connectivity index is 1.05. The molecule has 1 N–H and O–H groups in total. The van der Waals surface area contributed by atoms with Gasteiger partial charge in [0, 0.05) is 43.4 Å². The molecule has 1 atom stereocenters. The summed E-state index contributed by atoms with van der Waals surface area (Å²) < 4.78 is 44.0. The highest BCUT2D eigenvalue weighted by Crippen LogP contribution is 2.42. The van der Waals surface area contributed by atoms with Crippen LogP contribution in [0.1, 0.15) is 55.5 Å². The molecular weight excluding hydrogens is 523 g/mol. The van der Waals surface area contributed by atoms with Crippen LogP contribution < -0.4 is 0 Å². The van der Waals surface area contributed by atoms with E-state index in [1.54, 1.807) is 29.6 Å². The molecule has 8 nitrogen and oxygen atoms in total. The molecule has 0 spiro atoms. The Morgan fingerprint density at radius 2 is 1.80 bits per heavy atom. The predicted molar refractivity (Wildman–Crippen MR) is 139 cm³/mol. The maximum atomic E-state index is 12.9. The number of carbonyl (C=O) groups is 1. The highest BCUT2D eigenvalue weighted by Gasteiger charge is 2.37. The van der Waals surface area contributed by atoms with Gasteiger partial charge in [-0.15, -0.1) is 0 Å². The van der Waals surface area contributed by atoms with E-state index in [1.165, 1.54) is 0 Å². The van der Waals surface area contributed by atoms with Crippen molar-refractivity contribution in [1.29, 1.82) is 0 Å². The number of amides is 1. The topological polar surface area (TPSA) is 101 Å². The minimum absolute atomic E-state index is 0.135. The van der Waals surface area contributed by atoms with E-state index in [4.69, 9.17) is 4.74 Å². The van der Waals surface area contributed by atoms with E-state index in [1.807, 2.05) is 12.1 Å². The molecule has 212 valence electrons. The molecule has 0 bridgehead atoms. The number of ether oxygens (including phenoxy) is 1. The lowest BCUT2D eigenvalue weighted by Gasteiger charge is -2.36. The van der Waals surface area contributed by atoms with E-state index in [0.717, 1.165) is 49.6 Å². The van der Waals surface area contributed by atoms with Crippen LogP contribution in [0.2, 0.25) is 0 Å². The first-order valence-corrected chi connectivity index (χ1v) is 13.5. The van der Waals surface area contributed by atoms with E-state index in [0.29, 0.717) is 49.3 Å². The molecule has 3 aromatic rings. The first-order valence-electron chi connectivity index (χ1n) is 13.5. The van der Waals surface area contributed by atoms with Gasteiger partial charge in [-0.2, -0.15) is 13.2 Å². The average molecular weight is 556 g/mol. The number of rotatable bonds is 8. The average Bonchev–Trinajstić information content (AvgIpc) is 3.43. The molecule has 1 saturated carbocycles. The molecule has 1 saturated heterocycles. The first kappa shape index (κ1) is 28.1. The lowest BCUT2D eigenvalue weighted by Crippen LogP contribution is -2.34. The van der Waals surface area contributed by atoms with Crippen molar-refractivity contribution in [2.24, 2.45) is 11.8 Å². The number of pyridine rings is 2. The van der Waals surface area contributed by atoms with Crippen LogP contribution in [0.4, 0.5) is 13.2 Å². The van der Waals surface area contributed by atoms with Gasteiger partial charge < -0.3 is 14.7 Å². The number of halogens is 3. The minimum atomic E-state index is -4.45. The first-order chi connectivity index (χ1) is 19.2. The van der Waals surface area contributed by atoms with Crippen molar-refractivity contribution in [3.8, 4) is 11.4 Å². The van der Waals surface area contributed by atoms with E-state index in [-0.39, 0.29) is 24.8 Å². The van der Waals surface area contributed by atoms with Crippen molar-refractivity contribution in [3.05, 3.63) is 72.1 Å². The Morgan fingerprint density at radius 3 is 2.50 bits per heavy atom. The molecule has 11 heteroatoms.